The Labute approximate surface area is 146 Å². The lowest BCUT2D eigenvalue weighted by atomic mass is 10.0. The van der Waals surface area contributed by atoms with Gasteiger partial charge in [0.05, 0.1) is 12.6 Å². The second-order valence-corrected chi connectivity index (χ2v) is 6.27. The molecule has 6 heteroatoms. The van der Waals surface area contributed by atoms with Crippen molar-refractivity contribution in [2.45, 2.75) is 25.4 Å². The molecule has 25 heavy (non-hydrogen) atoms. The van der Waals surface area contributed by atoms with Gasteiger partial charge in [0.15, 0.2) is 0 Å². The largest absolute Gasteiger partial charge is 0.332 e. The van der Waals surface area contributed by atoms with Crippen LogP contribution in [0.3, 0.4) is 0 Å². The van der Waals surface area contributed by atoms with Gasteiger partial charge < -0.3 is 4.90 Å². The molecular formula is C19H19N5O. The van der Waals surface area contributed by atoms with E-state index in [9.17, 15) is 4.79 Å². The van der Waals surface area contributed by atoms with Crippen molar-refractivity contribution in [3.05, 3.63) is 77.6 Å². The predicted molar refractivity (Wildman–Crippen MR) is 92.8 cm³/mol. The highest BCUT2D eigenvalue weighted by Gasteiger charge is 2.30. The maximum absolute atomic E-state index is 12.9. The number of hydrogen-bond donors (Lipinski definition) is 0. The average molecular weight is 333 g/mol. The predicted octanol–water partition coefficient (Wildman–Crippen LogP) is 2.70. The minimum atomic E-state index is 0.0975. The first-order valence-corrected chi connectivity index (χ1v) is 8.47. The van der Waals surface area contributed by atoms with Gasteiger partial charge in [0.1, 0.15) is 6.33 Å². The second-order valence-electron chi connectivity index (χ2n) is 6.27. The van der Waals surface area contributed by atoms with Gasteiger partial charge in [-0.1, -0.05) is 42.5 Å². The van der Waals surface area contributed by atoms with Gasteiger partial charge in [-0.15, -0.1) is 5.10 Å². The fourth-order valence-electron chi connectivity index (χ4n) is 3.39. The van der Waals surface area contributed by atoms with Gasteiger partial charge in [-0.3, -0.25) is 4.79 Å². The first kappa shape index (κ1) is 15.5. The number of aromatic nitrogens is 4. The van der Waals surface area contributed by atoms with Gasteiger partial charge in [0.25, 0.3) is 5.91 Å². The molecule has 1 atom stereocenters. The van der Waals surface area contributed by atoms with Crippen LogP contribution in [0.2, 0.25) is 0 Å². The van der Waals surface area contributed by atoms with Crippen LogP contribution in [0.5, 0.6) is 0 Å². The molecule has 0 spiro atoms. The third-order valence-electron chi connectivity index (χ3n) is 4.63. The Hall–Kier alpha value is -3.02. The summed E-state index contributed by atoms with van der Waals surface area (Å²) in [6.07, 6.45) is 3.64. The van der Waals surface area contributed by atoms with Crippen molar-refractivity contribution >= 4 is 5.91 Å². The molecule has 1 aliphatic heterocycles. The van der Waals surface area contributed by atoms with E-state index in [1.807, 2.05) is 47.4 Å². The third-order valence-corrected chi connectivity index (χ3v) is 4.63. The van der Waals surface area contributed by atoms with E-state index in [-0.39, 0.29) is 11.9 Å². The number of amides is 1. The molecule has 2 heterocycles. The Kier molecular flexibility index (Phi) is 4.24. The first-order chi connectivity index (χ1) is 12.3. The zero-order valence-electron chi connectivity index (χ0n) is 13.8. The molecule has 0 bridgehead atoms. The van der Waals surface area contributed by atoms with Gasteiger partial charge in [-0.2, -0.15) is 0 Å². The highest BCUT2D eigenvalue weighted by Crippen LogP contribution is 2.32. The summed E-state index contributed by atoms with van der Waals surface area (Å²) in [7, 11) is 0. The van der Waals surface area contributed by atoms with Crippen LogP contribution in [0, 0.1) is 0 Å². The number of tetrazole rings is 1. The summed E-state index contributed by atoms with van der Waals surface area (Å²) in [5.74, 6) is 0.0975. The van der Waals surface area contributed by atoms with Gasteiger partial charge in [0, 0.05) is 12.1 Å². The first-order valence-electron chi connectivity index (χ1n) is 8.47. The number of hydrogen-bond acceptors (Lipinski definition) is 4. The SMILES string of the molecule is O=C(c1ccc(Cn2cnnn2)cc1)N1CCCC1c1ccccc1. The van der Waals surface area contributed by atoms with Crippen LogP contribution >= 0.6 is 0 Å². The normalized spacial score (nSPS) is 17.0. The molecule has 1 unspecified atom stereocenters. The fraction of sp³-hybridized carbons (Fsp3) is 0.263. The van der Waals surface area contributed by atoms with Crippen LogP contribution in [0.4, 0.5) is 0 Å². The van der Waals surface area contributed by atoms with Crippen molar-refractivity contribution in [2.75, 3.05) is 6.54 Å². The molecule has 1 aliphatic rings. The Bertz CT molecular complexity index is 830. The number of nitrogens with zero attached hydrogens (tertiary/aromatic N) is 5. The smallest absolute Gasteiger partial charge is 0.254 e. The third kappa shape index (κ3) is 3.28. The molecular weight excluding hydrogens is 314 g/mol. The number of rotatable bonds is 4. The van der Waals surface area contributed by atoms with Crippen LogP contribution in [0.1, 0.15) is 40.4 Å². The van der Waals surface area contributed by atoms with E-state index in [2.05, 4.69) is 27.7 Å². The Morgan fingerprint density at radius 1 is 1.08 bits per heavy atom. The lowest BCUT2D eigenvalue weighted by molar-refractivity contribution is 0.0735. The molecule has 0 N–H and O–H groups in total. The topological polar surface area (TPSA) is 63.9 Å². The van der Waals surface area contributed by atoms with Crippen molar-refractivity contribution < 1.29 is 4.79 Å². The van der Waals surface area contributed by atoms with Gasteiger partial charge in [0.2, 0.25) is 0 Å². The van der Waals surface area contributed by atoms with Crippen molar-refractivity contribution in [3.63, 3.8) is 0 Å². The van der Waals surface area contributed by atoms with Crippen molar-refractivity contribution in [1.29, 1.82) is 0 Å². The maximum Gasteiger partial charge on any atom is 0.254 e. The molecule has 6 nitrogen and oxygen atoms in total. The van der Waals surface area contributed by atoms with Crippen LogP contribution in [0.15, 0.2) is 60.9 Å². The van der Waals surface area contributed by atoms with Crippen LogP contribution in [-0.4, -0.2) is 37.6 Å². The minimum Gasteiger partial charge on any atom is -0.332 e. The summed E-state index contributed by atoms with van der Waals surface area (Å²) in [6, 6.07) is 18.2. The van der Waals surface area contributed by atoms with Crippen molar-refractivity contribution in [1.82, 2.24) is 25.1 Å². The number of likely N-dealkylation sites (tertiary alicyclic amines) is 1. The van der Waals surface area contributed by atoms with E-state index >= 15 is 0 Å². The highest BCUT2D eigenvalue weighted by molar-refractivity contribution is 5.94. The molecule has 4 rings (SSSR count). The van der Waals surface area contributed by atoms with Crippen molar-refractivity contribution in [3.8, 4) is 0 Å². The van der Waals surface area contributed by atoms with Crippen LogP contribution in [-0.2, 0) is 6.54 Å². The summed E-state index contributed by atoms with van der Waals surface area (Å²) < 4.78 is 1.66. The quantitative estimate of drug-likeness (QED) is 0.736. The van der Waals surface area contributed by atoms with E-state index in [1.54, 1.807) is 11.0 Å². The van der Waals surface area contributed by atoms with Crippen LogP contribution < -0.4 is 0 Å². The average Bonchev–Trinajstić information content (AvgIpc) is 3.34. The van der Waals surface area contributed by atoms with Crippen molar-refractivity contribution in [2.24, 2.45) is 0 Å². The zero-order valence-corrected chi connectivity index (χ0v) is 13.8. The van der Waals surface area contributed by atoms with Crippen LogP contribution in [0.25, 0.3) is 0 Å². The molecule has 1 saturated heterocycles. The van der Waals surface area contributed by atoms with E-state index < -0.39 is 0 Å². The highest BCUT2D eigenvalue weighted by atomic mass is 16.2. The molecule has 3 aromatic rings. The zero-order chi connectivity index (χ0) is 17.1. The van der Waals surface area contributed by atoms with Gasteiger partial charge in [-0.05, 0) is 46.5 Å². The summed E-state index contributed by atoms with van der Waals surface area (Å²) in [5.41, 5.74) is 3.00. The lowest BCUT2D eigenvalue weighted by Gasteiger charge is -2.25. The summed E-state index contributed by atoms with van der Waals surface area (Å²) in [4.78, 5) is 14.9. The summed E-state index contributed by atoms with van der Waals surface area (Å²) in [5, 5.41) is 11.1. The number of carbonyl (C=O) groups is 1. The molecule has 0 radical (unpaired) electrons. The molecule has 1 aromatic heterocycles. The minimum absolute atomic E-state index is 0.0975. The molecule has 0 saturated carbocycles. The second kappa shape index (κ2) is 6.84. The summed E-state index contributed by atoms with van der Waals surface area (Å²) in [6.45, 7) is 1.41. The lowest BCUT2D eigenvalue weighted by Crippen LogP contribution is -2.30. The van der Waals surface area contributed by atoms with Gasteiger partial charge in [-0.25, -0.2) is 4.68 Å². The molecule has 126 valence electrons. The monoisotopic (exact) mass is 333 g/mol. The number of carbonyl (C=O) groups excluding carboxylic acids is 1. The Morgan fingerprint density at radius 3 is 2.60 bits per heavy atom. The summed E-state index contributed by atoms with van der Waals surface area (Å²) >= 11 is 0. The van der Waals surface area contributed by atoms with E-state index in [0.717, 1.165) is 30.5 Å². The Morgan fingerprint density at radius 2 is 1.88 bits per heavy atom. The maximum atomic E-state index is 12.9. The van der Waals surface area contributed by atoms with Gasteiger partial charge >= 0.3 is 0 Å². The molecule has 0 aliphatic carbocycles. The Balaban J connectivity index is 1.50. The molecule has 1 fully saturated rings. The number of benzene rings is 2. The van der Waals surface area contributed by atoms with E-state index in [4.69, 9.17) is 0 Å². The fourth-order valence-corrected chi connectivity index (χ4v) is 3.39. The van der Waals surface area contributed by atoms with E-state index in [0.29, 0.717) is 6.54 Å². The molecule has 2 aromatic carbocycles. The molecule has 1 amide bonds. The van der Waals surface area contributed by atoms with E-state index in [1.165, 1.54) is 5.56 Å². The standard InChI is InChI=1S/C19H19N5O/c25-19(24-12-4-7-18(24)16-5-2-1-3-6-16)17-10-8-15(9-11-17)13-23-14-20-21-22-23/h1-3,5-6,8-11,14,18H,4,7,12-13H2.